The van der Waals surface area contributed by atoms with Gasteiger partial charge in [0, 0.05) is 13.1 Å². The lowest BCUT2D eigenvalue weighted by Gasteiger charge is -2.20. The second kappa shape index (κ2) is 5.62. The van der Waals surface area contributed by atoms with E-state index >= 15 is 0 Å². The van der Waals surface area contributed by atoms with Crippen LogP contribution in [0.25, 0.3) is 0 Å². The van der Waals surface area contributed by atoms with Gasteiger partial charge in [0.2, 0.25) is 0 Å². The zero-order valence-electron chi connectivity index (χ0n) is 8.45. The molecule has 0 bridgehead atoms. The largest absolute Gasteiger partial charge is 0.393 e. The average molecular weight is 226 g/mol. The molecule has 0 heterocycles. The van der Waals surface area contributed by atoms with E-state index in [-0.39, 0.29) is 6.54 Å². The SMILES string of the molecule is CCCNS(=O)(=O)NCC(C)(O)CO. The monoisotopic (exact) mass is 226 g/mol. The van der Waals surface area contributed by atoms with Gasteiger partial charge < -0.3 is 10.2 Å². The minimum absolute atomic E-state index is 0.220. The average Bonchev–Trinajstić information content (AvgIpc) is 2.12. The lowest BCUT2D eigenvalue weighted by Crippen LogP contribution is -2.47. The summed E-state index contributed by atoms with van der Waals surface area (Å²) in [5, 5.41) is 18.0. The molecule has 86 valence electrons. The second-order valence-corrected chi connectivity index (χ2v) is 4.96. The molecule has 0 aromatic carbocycles. The van der Waals surface area contributed by atoms with Crippen LogP contribution in [0.2, 0.25) is 0 Å². The lowest BCUT2D eigenvalue weighted by molar-refractivity contribution is 0.00675. The third-order valence-electron chi connectivity index (χ3n) is 1.53. The number of aliphatic hydroxyl groups is 2. The van der Waals surface area contributed by atoms with E-state index in [0.717, 1.165) is 0 Å². The zero-order chi connectivity index (χ0) is 11.2. The maximum absolute atomic E-state index is 11.1. The highest BCUT2D eigenvalue weighted by molar-refractivity contribution is 7.87. The van der Waals surface area contributed by atoms with Crippen molar-refractivity contribution < 1.29 is 18.6 Å². The van der Waals surface area contributed by atoms with Crippen LogP contribution in [0.5, 0.6) is 0 Å². The lowest BCUT2D eigenvalue weighted by atomic mass is 10.1. The highest BCUT2D eigenvalue weighted by atomic mass is 32.2. The van der Waals surface area contributed by atoms with Crippen molar-refractivity contribution in [1.29, 1.82) is 0 Å². The Hall–Kier alpha value is -0.210. The Morgan fingerprint density at radius 2 is 1.93 bits per heavy atom. The highest BCUT2D eigenvalue weighted by Crippen LogP contribution is 1.98. The van der Waals surface area contributed by atoms with E-state index in [1.807, 2.05) is 6.92 Å². The van der Waals surface area contributed by atoms with Crippen molar-refractivity contribution in [3.8, 4) is 0 Å². The topological polar surface area (TPSA) is 98.7 Å². The molecule has 6 nitrogen and oxygen atoms in total. The Bertz CT molecular complexity index is 250. The third kappa shape index (κ3) is 6.28. The van der Waals surface area contributed by atoms with Crippen LogP contribution in [-0.4, -0.2) is 43.9 Å². The van der Waals surface area contributed by atoms with Crippen LogP contribution < -0.4 is 9.44 Å². The quantitative estimate of drug-likeness (QED) is 0.427. The van der Waals surface area contributed by atoms with Gasteiger partial charge in [0.15, 0.2) is 0 Å². The smallest absolute Gasteiger partial charge is 0.277 e. The van der Waals surface area contributed by atoms with E-state index in [1.165, 1.54) is 6.92 Å². The number of aliphatic hydroxyl groups excluding tert-OH is 1. The molecule has 0 fully saturated rings. The molecule has 1 unspecified atom stereocenters. The van der Waals surface area contributed by atoms with Crippen LogP contribution in [0.4, 0.5) is 0 Å². The summed E-state index contributed by atoms with van der Waals surface area (Å²) in [5.74, 6) is 0. The highest BCUT2D eigenvalue weighted by Gasteiger charge is 2.21. The van der Waals surface area contributed by atoms with E-state index in [4.69, 9.17) is 5.11 Å². The molecular formula is C7H18N2O4S. The fraction of sp³-hybridized carbons (Fsp3) is 1.00. The predicted molar refractivity (Wildman–Crippen MR) is 52.9 cm³/mol. The number of hydrogen-bond acceptors (Lipinski definition) is 4. The molecule has 7 heteroatoms. The molecule has 4 N–H and O–H groups in total. The summed E-state index contributed by atoms with van der Waals surface area (Å²) in [5.41, 5.74) is -1.43. The Morgan fingerprint density at radius 3 is 2.36 bits per heavy atom. The normalized spacial score (nSPS) is 16.6. The van der Waals surface area contributed by atoms with Crippen LogP contribution in [0.3, 0.4) is 0 Å². The minimum Gasteiger partial charge on any atom is -0.393 e. The molecule has 1 atom stereocenters. The first-order valence-electron chi connectivity index (χ1n) is 4.40. The standard InChI is InChI=1S/C7H18N2O4S/c1-3-4-8-14(12,13)9-5-7(2,11)6-10/h8-11H,3-6H2,1-2H3. The molecule has 0 rings (SSSR count). The molecule has 0 aliphatic carbocycles. The summed E-state index contributed by atoms with van der Waals surface area (Å²) in [6.07, 6.45) is 0.692. The van der Waals surface area contributed by atoms with Crippen molar-refractivity contribution in [2.45, 2.75) is 25.9 Å². The van der Waals surface area contributed by atoms with Gasteiger partial charge in [0.1, 0.15) is 0 Å². The van der Waals surface area contributed by atoms with Gasteiger partial charge in [0.05, 0.1) is 12.2 Å². The zero-order valence-corrected chi connectivity index (χ0v) is 9.26. The van der Waals surface area contributed by atoms with Gasteiger partial charge in [-0.15, -0.1) is 0 Å². The van der Waals surface area contributed by atoms with Gasteiger partial charge >= 0.3 is 0 Å². The molecule has 0 spiro atoms. The maximum atomic E-state index is 11.1. The van der Waals surface area contributed by atoms with Crippen LogP contribution in [0.15, 0.2) is 0 Å². The molecule has 0 aliphatic heterocycles. The van der Waals surface area contributed by atoms with Crippen molar-refractivity contribution in [3.63, 3.8) is 0 Å². The molecular weight excluding hydrogens is 208 g/mol. The number of rotatable bonds is 7. The van der Waals surface area contributed by atoms with Crippen molar-refractivity contribution in [2.75, 3.05) is 19.7 Å². The van der Waals surface area contributed by atoms with Crippen LogP contribution in [0, 0.1) is 0 Å². The first-order chi connectivity index (χ1) is 6.33. The summed E-state index contributed by atoms with van der Waals surface area (Å²) in [6.45, 7) is 2.81. The summed E-state index contributed by atoms with van der Waals surface area (Å²) in [6, 6.07) is 0. The molecule has 0 saturated carbocycles. The van der Waals surface area contributed by atoms with Gasteiger partial charge in [-0.1, -0.05) is 6.92 Å². The molecule has 14 heavy (non-hydrogen) atoms. The van der Waals surface area contributed by atoms with Gasteiger partial charge in [-0.25, -0.2) is 4.72 Å². The molecule has 0 aliphatic rings. The van der Waals surface area contributed by atoms with Gasteiger partial charge in [-0.3, -0.25) is 0 Å². The number of hydrogen-bond donors (Lipinski definition) is 4. The van der Waals surface area contributed by atoms with Crippen molar-refractivity contribution in [1.82, 2.24) is 9.44 Å². The van der Waals surface area contributed by atoms with Gasteiger partial charge in [-0.2, -0.15) is 13.1 Å². The second-order valence-electron chi connectivity index (χ2n) is 3.37. The first-order valence-corrected chi connectivity index (χ1v) is 5.89. The Kier molecular flexibility index (Phi) is 5.53. The fourth-order valence-corrected chi connectivity index (χ4v) is 1.67. The van der Waals surface area contributed by atoms with E-state index in [1.54, 1.807) is 0 Å². The molecule has 0 radical (unpaired) electrons. The first kappa shape index (κ1) is 13.8. The minimum atomic E-state index is -3.56. The number of nitrogens with one attached hydrogen (secondary N) is 2. The summed E-state index contributed by atoms with van der Waals surface area (Å²) < 4.78 is 26.7. The molecule has 0 amide bonds. The Morgan fingerprint density at radius 1 is 1.36 bits per heavy atom. The van der Waals surface area contributed by atoms with Crippen LogP contribution in [-0.2, 0) is 10.2 Å². The summed E-state index contributed by atoms with van der Waals surface area (Å²) in [4.78, 5) is 0. The third-order valence-corrected chi connectivity index (χ3v) is 2.63. The molecule has 0 saturated heterocycles. The van der Waals surface area contributed by atoms with Crippen molar-refractivity contribution in [3.05, 3.63) is 0 Å². The predicted octanol–water partition coefficient (Wildman–Crippen LogP) is -1.44. The van der Waals surface area contributed by atoms with Gasteiger partial charge in [0.25, 0.3) is 10.2 Å². The van der Waals surface area contributed by atoms with E-state index in [9.17, 15) is 13.5 Å². The van der Waals surface area contributed by atoms with Crippen molar-refractivity contribution >= 4 is 10.2 Å². The van der Waals surface area contributed by atoms with Crippen LogP contribution in [0.1, 0.15) is 20.3 Å². The van der Waals surface area contributed by atoms with E-state index < -0.39 is 22.4 Å². The van der Waals surface area contributed by atoms with Gasteiger partial charge in [-0.05, 0) is 13.3 Å². The van der Waals surface area contributed by atoms with E-state index in [0.29, 0.717) is 13.0 Å². The fourth-order valence-electron chi connectivity index (χ4n) is 0.594. The molecule has 0 aromatic heterocycles. The Balaban J connectivity index is 4.00. The Labute approximate surface area is 84.5 Å². The maximum Gasteiger partial charge on any atom is 0.277 e. The summed E-state index contributed by atoms with van der Waals surface area (Å²) in [7, 11) is -3.56. The van der Waals surface area contributed by atoms with Crippen molar-refractivity contribution in [2.24, 2.45) is 0 Å². The van der Waals surface area contributed by atoms with Crippen LogP contribution >= 0.6 is 0 Å². The summed E-state index contributed by atoms with van der Waals surface area (Å²) >= 11 is 0. The van der Waals surface area contributed by atoms with E-state index in [2.05, 4.69) is 9.44 Å². The molecule has 0 aromatic rings.